The van der Waals surface area contributed by atoms with Crippen LogP contribution in [0.2, 0.25) is 0 Å². The lowest BCUT2D eigenvalue weighted by molar-refractivity contribution is -0.157. The number of hydrogen-bond donors (Lipinski definition) is 0. The highest BCUT2D eigenvalue weighted by molar-refractivity contribution is 7.99. The molecule has 0 N–H and O–H groups in total. The molecular formula is C22H27F2NOS. The summed E-state index contributed by atoms with van der Waals surface area (Å²) in [6.07, 6.45) is 7.97. The maximum atomic E-state index is 14.2. The Kier molecular flexibility index (Phi) is 4.49. The molecule has 5 heteroatoms. The standard InChI is InChI=1S/C22H27F2NOS/c23-17-1-2-19(24)18(10-17)20-3-4-25(5-6-27-20)21(26)22-11-14-7-15(12-22)9-16(8-14)13-22/h1-2,10,14-16,20H,3-9,11-13H2/t14?,15?,16?,20-,22?/m1/s1. The lowest BCUT2D eigenvalue weighted by atomic mass is 9.49. The van der Waals surface area contributed by atoms with Gasteiger partial charge in [-0.15, -0.1) is 0 Å². The van der Waals surface area contributed by atoms with Crippen molar-refractivity contribution in [3.8, 4) is 0 Å². The van der Waals surface area contributed by atoms with Crippen molar-refractivity contribution in [2.24, 2.45) is 23.2 Å². The van der Waals surface area contributed by atoms with Gasteiger partial charge in [0.05, 0.1) is 5.41 Å². The van der Waals surface area contributed by atoms with Gasteiger partial charge in [-0.05, 0) is 80.9 Å². The average molecular weight is 392 g/mol. The summed E-state index contributed by atoms with van der Waals surface area (Å²) in [7, 11) is 0. The first-order valence-corrected chi connectivity index (χ1v) is 11.4. The Hall–Kier alpha value is -1.10. The zero-order valence-corrected chi connectivity index (χ0v) is 16.4. The van der Waals surface area contributed by atoms with Gasteiger partial charge in [0.25, 0.3) is 0 Å². The molecule has 4 aliphatic carbocycles. The van der Waals surface area contributed by atoms with Crippen LogP contribution in [0.4, 0.5) is 8.78 Å². The monoisotopic (exact) mass is 391 g/mol. The lowest BCUT2D eigenvalue weighted by Gasteiger charge is -2.56. The molecule has 5 fully saturated rings. The van der Waals surface area contributed by atoms with E-state index in [2.05, 4.69) is 4.90 Å². The van der Waals surface area contributed by atoms with Crippen LogP contribution in [0.1, 0.15) is 55.8 Å². The summed E-state index contributed by atoms with van der Waals surface area (Å²) in [5.74, 6) is 2.70. The van der Waals surface area contributed by atoms with E-state index >= 15 is 0 Å². The number of carbonyl (C=O) groups is 1. The topological polar surface area (TPSA) is 20.3 Å². The summed E-state index contributed by atoms with van der Waals surface area (Å²) in [6, 6.07) is 3.71. The van der Waals surface area contributed by atoms with Crippen molar-refractivity contribution in [3.05, 3.63) is 35.4 Å². The van der Waals surface area contributed by atoms with Gasteiger partial charge in [0.2, 0.25) is 5.91 Å². The first-order chi connectivity index (χ1) is 13.0. The summed E-state index contributed by atoms with van der Waals surface area (Å²) >= 11 is 1.66. The van der Waals surface area contributed by atoms with E-state index in [0.29, 0.717) is 24.4 Å². The second-order valence-electron chi connectivity index (χ2n) is 9.30. The van der Waals surface area contributed by atoms with E-state index in [1.54, 1.807) is 11.8 Å². The molecule has 4 bridgehead atoms. The fourth-order valence-electron chi connectivity index (χ4n) is 6.69. The van der Waals surface area contributed by atoms with Crippen LogP contribution in [0.15, 0.2) is 18.2 Å². The average Bonchev–Trinajstić information content (AvgIpc) is 2.88. The molecular weight excluding hydrogens is 364 g/mol. The summed E-state index contributed by atoms with van der Waals surface area (Å²) in [5, 5.41) is -0.0742. The molecule has 1 atom stereocenters. The van der Waals surface area contributed by atoms with Crippen molar-refractivity contribution < 1.29 is 13.6 Å². The minimum atomic E-state index is -0.391. The molecule has 6 rings (SSSR count). The molecule has 0 spiro atoms. The maximum Gasteiger partial charge on any atom is 0.228 e. The Morgan fingerprint density at radius 2 is 1.70 bits per heavy atom. The number of benzene rings is 1. The molecule has 2 nitrogen and oxygen atoms in total. The van der Waals surface area contributed by atoms with Crippen LogP contribution in [-0.2, 0) is 4.79 Å². The van der Waals surface area contributed by atoms with Crippen molar-refractivity contribution in [2.45, 2.75) is 50.2 Å². The molecule has 1 saturated heterocycles. The Morgan fingerprint density at radius 3 is 2.37 bits per heavy atom. The normalized spacial score (nSPS) is 38.1. The second-order valence-corrected chi connectivity index (χ2v) is 10.6. The Balaban J connectivity index is 1.31. The quantitative estimate of drug-likeness (QED) is 0.692. The number of halogens is 2. The van der Waals surface area contributed by atoms with Gasteiger partial charge in [0.1, 0.15) is 11.6 Å². The van der Waals surface area contributed by atoms with E-state index in [9.17, 15) is 13.6 Å². The van der Waals surface area contributed by atoms with Crippen LogP contribution in [0.3, 0.4) is 0 Å². The fourth-order valence-corrected chi connectivity index (χ4v) is 7.93. The molecule has 1 aromatic carbocycles. The molecule has 5 aliphatic rings. The van der Waals surface area contributed by atoms with Crippen molar-refractivity contribution in [2.75, 3.05) is 18.8 Å². The number of amides is 1. The number of hydrogen-bond acceptors (Lipinski definition) is 2. The third kappa shape index (κ3) is 3.20. The molecule has 1 amide bonds. The second kappa shape index (κ2) is 6.75. The molecule has 1 aliphatic heterocycles. The third-order valence-corrected chi connectivity index (χ3v) is 8.74. The van der Waals surface area contributed by atoms with Gasteiger partial charge in [-0.1, -0.05) is 0 Å². The van der Waals surface area contributed by atoms with Crippen molar-refractivity contribution in [1.82, 2.24) is 4.90 Å². The van der Waals surface area contributed by atoms with E-state index in [0.717, 1.165) is 49.3 Å². The first kappa shape index (κ1) is 18.0. The highest BCUT2D eigenvalue weighted by atomic mass is 32.2. The molecule has 1 aromatic rings. The molecule has 0 unspecified atom stereocenters. The highest BCUT2D eigenvalue weighted by Crippen LogP contribution is 2.60. The van der Waals surface area contributed by atoms with Gasteiger partial charge in [0, 0.05) is 29.7 Å². The highest BCUT2D eigenvalue weighted by Gasteiger charge is 2.55. The predicted octanol–water partition coefficient (Wildman–Crippen LogP) is 5.19. The van der Waals surface area contributed by atoms with E-state index in [1.165, 1.54) is 37.5 Å². The molecule has 146 valence electrons. The van der Waals surface area contributed by atoms with E-state index in [1.807, 2.05) is 0 Å². The van der Waals surface area contributed by atoms with Crippen LogP contribution in [0.25, 0.3) is 0 Å². The SMILES string of the molecule is O=C(N1CCS[C@@H](c2cc(F)ccc2F)CC1)C12CC3CC(CC(C3)C1)C2. The molecule has 1 heterocycles. The van der Waals surface area contributed by atoms with Crippen molar-refractivity contribution >= 4 is 17.7 Å². The Morgan fingerprint density at radius 1 is 1.04 bits per heavy atom. The van der Waals surface area contributed by atoms with Gasteiger partial charge in [-0.25, -0.2) is 8.78 Å². The molecule has 27 heavy (non-hydrogen) atoms. The molecule has 4 saturated carbocycles. The largest absolute Gasteiger partial charge is 0.341 e. The van der Waals surface area contributed by atoms with Crippen molar-refractivity contribution in [1.29, 1.82) is 0 Å². The van der Waals surface area contributed by atoms with Crippen LogP contribution < -0.4 is 0 Å². The van der Waals surface area contributed by atoms with E-state index in [-0.39, 0.29) is 16.5 Å². The summed E-state index contributed by atoms with van der Waals surface area (Å²) in [6.45, 7) is 1.40. The molecule has 0 aromatic heterocycles. The number of thioether (sulfide) groups is 1. The van der Waals surface area contributed by atoms with Gasteiger partial charge >= 0.3 is 0 Å². The van der Waals surface area contributed by atoms with Gasteiger partial charge in [-0.3, -0.25) is 4.79 Å². The van der Waals surface area contributed by atoms with Crippen LogP contribution in [0, 0.1) is 34.8 Å². The third-order valence-electron chi connectivity index (χ3n) is 7.43. The minimum Gasteiger partial charge on any atom is -0.341 e. The number of rotatable bonds is 2. The van der Waals surface area contributed by atoms with E-state index in [4.69, 9.17) is 0 Å². The maximum absolute atomic E-state index is 14.2. The van der Waals surface area contributed by atoms with Crippen LogP contribution in [-0.4, -0.2) is 29.6 Å². The summed E-state index contributed by atoms with van der Waals surface area (Å²) in [4.78, 5) is 15.6. The predicted molar refractivity (Wildman–Crippen MR) is 103 cm³/mol. The van der Waals surface area contributed by atoms with Crippen LogP contribution >= 0.6 is 11.8 Å². The smallest absolute Gasteiger partial charge is 0.228 e. The number of carbonyl (C=O) groups excluding carboxylic acids is 1. The number of nitrogens with zero attached hydrogens (tertiary/aromatic N) is 1. The lowest BCUT2D eigenvalue weighted by Crippen LogP contribution is -2.54. The van der Waals surface area contributed by atoms with Crippen molar-refractivity contribution in [3.63, 3.8) is 0 Å². The van der Waals surface area contributed by atoms with E-state index < -0.39 is 5.82 Å². The zero-order valence-electron chi connectivity index (χ0n) is 15.6. The van der Waals surface area contributed by atoms with Gasteiger partial charge < -0.3 is 4.90 Å². The minimum absolute atomic E-state index is 0.0742. The molecule has 0 radical (unpaired) electrons. The Labute approximate surface area is 164 Å². The van der Waals surface area contributed by atoms with Gasteiger partial charge in [-0.2, -0.15) is 11.8 Å². The van der Waals surface area contributed by atoms with Gasteiger partial charge in [0.15, 0.2) is 0 Å². The summed E-state index contributed by atoms with van der Waals surface area (Å²) in [5.41, 5.74) is 0.340. The first-order valence-electron chi connectivity index (χ1n) is 10.4. The Bertz CT molecular complexity index is 717. The summed E-state index contributed by atoms with van der Waals surface area (Å²) < 4.78 is 27.8. The zero-order chi connectivity index (χ0) is 18.6. The van der Waals surface area contributed by atoms with Crippen LogP contribution in [0.5, 0.6) is 0 Å². The fraction of sp³-hybridized carbons (Fsp3) is 0.682.